The first-order valence-electron chi connectivity index (χ1n) is 27.6. The molecule has 2 atom stereocenters. The van der Waals surface area contributed by atoms with E-state index in [1.54, 1.807) is 0 Å². The van der Waals surface area contributed by atoms with Crippen molar-refractivity contribution in [2.75, 3.05) is 47.5 Å². The Labute approximate surface area is 429 Å². The minimum atomic E-state index is -4.40. The van der Waals surface area contributed by atoms with E-state index in [9.17, 15) is 19.0 Å². The maximum Gasteiger partial charge on any atom is 0.472 e. The van der Waals surface area contributed by atoms with E-state index in [2.05, 4.69) is 111 Å². The molecule has 1 N–H and O–H groups in total. The lowest BCUT2D eigenvalue weighted by Crippen LogP contribution is -2.37. The molecule has 0 heterocycles. The topological polar surface area (TPSA) is 108 Å². The van der Waals surface area contributed by atoms with Crippen LogP contribution in [-0.2, 0) is 32.7 Å². The summed E-state index contributed by atoms with van der Waals surface area (Å²) in [6.07, 6.45) is 70.5. The molecule has 0 aliphatic heterocycles. The normalized spacial score (nSPS) is 14.2. The number of rotatable bonds is 49. The van der Waals surface area contributed by atoms with Crippen LogP contribution in [0.25, 0.3) is 0 Å². The molecular formula is C60H103NO8P+. The zero-order valence-electron chi connectivity index (χ0n) is 45.2. The lowest BCUT2D eigenvalue weighted by molar-refractivity contribution is -0.870. The lowest BCUT2D eigenvalue weighted by atomic mass is 10.0. The van der Waals surface area contributed by atoms with Crippen molar-refractivity contribution >= 4 is 19.8 Å². The molecule has 0 amide bonds. The van der Waals surface area contributed by atoms with E-state index < -0.39 is 32.5 Å². The number of ether oxygens (including phenoxy) is 2. The van der Waals surface area contributed by atoms with Crippen molar-refractivity contribution in [1.29, 1.82) is 0 Å². The lowest BCUT2D eigenvalue weighted by Gasteiger charge is -2.24. The van der Waals surface area contributed by atoms with Crippen molar-refractivity contribution in [3.63, 3.8) is 0 Å². The van der Waals surface area contributed by atoms with E-state index in [0.717, 1.165) is 77.0 Å². The fraction of sp³-hybridized carbons (Fsp3) is 0.667. The first-order chi connectivity index (χ1) is 34.0. The molecule has 0 aliphatic carbocycles. The van der Waals surface area contributed by atoms with Gasteiger partial charge in [-0.1, -0.05) is 220 Å². The fourth-order valence-electron chi connectivity index (χ4n) is 7.11. The number of likely N-dealkylation sites (N-methyl/N-ethyl adjacent to an activating group) is 1. The van der Waals surface area contributed by atoms with Crippen LogP contribution in [0.15, 0.2) is 109 Å². The number of hydrogen-bond acceptors (Lipinski definition) is 7. The quantitative estimate of drug-likeness (QED) is 0.0211. The molecule has 0 rings (SSSR count). The minimum absolute atomic E-state index is 0.0172. The number of phosphoric ester groups is 1. The van der Waals surface area contributed by atoms with Crippen molar-refractivity contribution in [3.05, 3.63) is 109 Å². The minimum Gasteiger partial charge on any atom is -0.462 e. The van der Waals surface area contributed by atoms with Crippen LogP contribution >= 0.6 is 7.82 Å². The van der Waals surface area contributed by atoms with Gasteiger partial charge in [-0.05, 0) is 83.5 Å². The first kappa shape index (κ1) is 66.7. The number of hydrogen-bond donors (Lipinski definition) is 1. The van der Waals surface area contributed by atoms with Gasteiger partial charge in [-0.3, -0.25) is 18.6 Å². The summed E-state index contributed by atoms with van der Waals surface area (Å²) in [4.78, 5) is 35.5. The zero-order chi connectivity index (χ0) is 51.3. The standard InChI is InChI=1S/C60H102NO8P/c1-6-8-10-12-14-16-18-20-21-22-23-24-25-26-27-28-29-30-31-32-33-34-35-36-37-38-39-41-43-45-47-49-51-53-60(63)69-58(57-68-70(64,65)67-55-54-61(3,4)5)56-66-59(62)52-50-48-46-44-42-40-19-17-15-13-11-9-7-2/h8-11,14-17,20-21,23-24,26-27,40,42,46,48,58H,6-7,12-13,18-19,22,25,28-39,41,43-45,47,49-57H2,1-5H3/p+1/b10-8-,11-9-,16-14-,17-15-,21-20-,24-23-,27-26-,42-40-,48-46-. The van der Waals surface area contributed by atoms with Gasteiger partial charge in [0, 0.05) is 12.8 Å². The highest BCUT2D eigenvalue weighted by Gasteiger charge is 2.27. The van der Waals surface area contributed by atoms with Crippen LogP contribution in [0.5, 0.6) is 0 Å². The second kappa shape index (κ2) is 50.6. The van der Waals surface area contributed by atoms with Crippen LogP contribution in [0, 0.1) is 0 Å². The molecule has 0 aliphatic rings. The molecule has 0 aromatic rings. The van der Waals surface area contributed by atoms with E-state index in [0.29, 0.717) is 23.9 Å². The van der Waals surface area contributed by atoms with Crippen LogP contribution in [0.1, 0.15) is 206 Å². The predicted molar refractivity (Wildman–Crippen MR) is 298 cm³/mol. The van der Waals surface area contributed by atoms with Gasteiger partial charge in [0.2, 0.25) is 0 Å². The largest absolute Gasteiger partial charge is 0.472 e. The number of carbonyl (C=O) groups excluding carboxylic acids is 2. The number of quaternary nitrogens is 1. The van der Waals surface area contributed by atoms with Crippen molar-refractivity contribution in [2.45, 2.75) is 213 Å². The van der Waals surface area contributed by atoms with Gasteiger partial charge in [0.1, 0.15) is 19.8 Å². The second-order valence-electron chi connectivity index (χ2n) is 19.2. The Morgan fingerprint density at radius 3 is 1.20 bits per heavy atom. The fourth-order valence-corrected chi connectivity index (χ4v) is 7.86. The second-order valence-corrected chi connectivity index (χ2v) is 20.7. The number of carbonyl (C=O) groups is 2. The van der Waals surface area contributed by atoms with Gasteiger partial charge in [0.05, 0.1) is 27.7 Å². The predicted octanol–water partition coefficient (Wildman–Crippen LogP) is 17.0. The molecule has 9 nitrogen and oxygen atoms in total. The Hall–Kier alpha value is -3.33. The third-order valence-electron chi connectivity index (χ3n) is 11.3. The molecule has 400 valence electrons. The summed E-state index contributed by atoms with van der Waals surface area (Å²) < 4.78 is 34.4. The smallest absolute Gasteiger partial charge is 0.462 e. The summed E-state index contributed by atoms with van der Waals surface area (Å²) in [5, 5.41) is 0. The number of phosphoric acid groups is 1. The highest BCUT2D eigenvalue weighted by Crippen LogP contribution is 2.43. The molecule has 0 aromatic carbocycles. The van der Waals surface area contributed by atoms with Crippen LogP contribution < -0.4 is 0 Å². The number of esters is 2. The maximum atomic E-state index is 12.8. The summed E-state index contributed by atoms with van der Waals surface area (Å²) in [6.45, 7) is 4.11. The number of nitrogens with zero attached hydrogens (tertiary/aromatic N) is 1. The molecule has 0 aromatic heterocycles. The van der Waals surface area contributed by atoms with Gasteiger partial charge >= 0.3 is 19.8 Å². The summed E-state index contributed by atoms with van der Waals surface area (Å²) in [5.74, 6) is -0.896. The Morgan fingerprint density at radius 2 is 0.800 bits per heavy atom. The van der Waals surface area contributed by atoms with E-state index in [1.807, 2.05) is 33.3 Å². The average Bonchev–Trinajstić information content (AvgIpc) is 3.32. The summed E-state index contributed by atoms with van der Waals surface area (Å²) in [5.41, 5.74) is 0. The SMILES string of the molecule is CC/C=C\C/C=C\C/C=C\C/C=C\C/C=C\CCCCCCCCCCCCCCCCCCCC(=O)OC(COC(=O)CC/C=C\C/C=C\C/C=C\C/C=C\CC)COP(=O)(O)OCC[N+](C)(C)C. The Bertz CT molecular complexity index is 1550. The van der Waals surface area contributed by atoms with E-state index in [-0.39, 0.29) is 26.1 Å². The monoisotopic (exact) mass is 997 g/mol. The Kier molecular flexibility index (Phi) is 48.2. The van der Waals surface area contributed by atoms with Crippen LogP contribution in [-0.4, -0.2) is 74.9 Å². The van der Waals surface area contributed by atoms with Gasteiger partial charge in [-0.15, -0.1) is 0 Å². The maximum absolute atomic E-state index is 12.8. The van der Waals surface area contributed by atoms with Crippen molar-refractivity contribution in [2.24, 2.45) is 0 Å². The van der Waals surface area contributed by atoms with E-state index >= 15 is 0 Å². The summed E-state index contributed by atoms with van der Waals surface area (Å²) >= 11 is 0. The van der Waals surface area contributed by atoms with Gasteiger partial charge in [0.15, 0.2) is 6.10 Å². The van der Waals surface area contributed by atoms with Crippen LogP contribution in [0.2, 0.25) is 0 Å². The molecule has 0 saturated heterocycles. The molecule has 0 fully saturated rings. The Balaban J connectivity index is 4.10. The molecule has 0 spiro atoms. The Morgan fingerprint density at radius 1 is 0.443 bits per heavy atom. The highest BCUT2D eigenvalue weighted by molar-refractivity contribution is 7.47. The van der Waals surface area contributed by atoms with E-state index in [4.69, 9.17) is 18.5 Å². The summed E-state index contributed by atoms with van der Waals surface area (Å²) in [7, 11) is 1.43. The number of unbranched alkanes of at least 4 members (excludes halogenated alkanes) is 17. The summed E-state index contributed by atoms with van der Waals surface area (Å²) in [6, 6.07) is 0. The van der Waals surface area contributed by atoms with Crippen LogP contribution in [0.4, 0.5) is 0 Å². The molecule has 10 heteroatoms. The molecule has 0 bridgehead atoms. The van der Waals surface area contributed by atoms with Gasteiger partial charge < -0.3 is 18.9 Å². The van der Waals surface area contributed by atoms with Gasteiger partial charge in [0.25, 0.3) is 0 Å². The molecular weight excluding hydrogens is 894 g/mol. The molecule has 0 radical (unpaired) electrons. The molecule has 0 saturated carbocycles. The van der Waals surface area contributed by atoms with Crippen molar-refractivity contribution in [3.8, 4) is 0 Å². The zero-order valence-corrected chi connectivity index (χ0v) is 46.1. The number of allylic oxidation sites excluding steroid dienone is 18. The third-order valence-corrected chi connectivity index (χ3v) is 12.3. The van der Waals surface area contributed by atoms with Gasteiger partial charge in [-0.2, -0.15) is 0 Å². The highest BCUT2D eigenvalue weighted by atomic mass is 31.2. The average molecular weight is 997 g/mol. The molecule has 70 heavy (non-hydrogen) atoms. The van der Waals surface area contributed by atoms with E-state index in [1.165, 1.54) is 89.9 Å². The van der Waals surface area contributed by atoms with Crippen LogP contribution in [0.3, 0.4) is 0 Å². The van der Waals surface area contributed by atoms with Crippen molar-refractivity contribution in [1.82, 2.24) is 0 Å². The molecule has 2 unspecified atom stereocenters. The van der Waals surface area contributed by atoms with Gasteiger partial charge in [-0.25, -0.2) is 4.57 Å². The van der Waals surface area contributed by atoms with Crippen molar-refractivity contribution < 1.29 is 42.1 Å². The third kappa shape index (κ3) is 54.0. The first-order valence-corrected chi connectivity index (χ1v) is 29.1.